The lowest BCUT2D eigenvalue weighted by molar-refractivity contribution is -0.112. The number of rotatable bonds is 1. The topological polar surface area (TPSA) is 29.1 Å². The van der Waals surface area contributed by atoms with Gasteiger partial charge in [0, 0.05) is 11.6 Å². The van der Waals surface area contributed by atoms with Gasteiger partial charge in [-0.15, -0.1) is 24.2 Å². The number of carbonyl (C=O) groups excluding carboxylic acids is 1. The van der Waals surface area contributed by atoms with Crippen LogP contribution in [0.1, 0.15) is 0 Å². The van der Waals surface area contributed by atoms with Gasteiger partial charge in [0.15, 0.2) is 0 Å². The minimum atomic E-state index is -0.269. The Morgan fingerprint density at radius 1 is 1.78 bits per heavy atom. The SMILES string of the molecule is Cl.O=C(Cl)C1CSCN1. The lowest BCUT2D eigenvalue weighted by Crippen LogP contribution is -2.29. The molecule has 1 heterocycles. The molecule has 0 aromatic carbocycles. The molecular weight excluding hydrogens is 181 g/mol. The molecule has 1 N–H and O–H groups in total. The maximum Gasteiger partial charge on any atom is 0.239 e. The summed E-state index contributed by atoms with van der Waals surface area (Å²) in [6.07, 6.45) is 0. The minimum absolute atomic E-state index is 0. The molecule has 9 heavy (non-hydrogen) atoms. The zero-order valence-corrected chi connectivity index (χ0v) is 6.98. The molecule has 1 unspecified atom stereocenters. The van der Waals surface area contributed by atoms with Crippen LogP contribution >= 0.6 is 35.8 Å². The minimum Gasteiger partial charge on any atom is -0.297 e. The van der Waals surface area contributed by atoms with Gasteiger partial charge in [0.2, 0.25) is 5.24 Å². The summed E-state index contributed by atoms with van der Waals surface area (Å²) in [6, 6.07) is -0.0957. The van der Waals surface area contributed by atoms with E-state index in [2.05, 4.69) is 5.32 Å². The zero-order valence-electron chi connectivity index (χ0n) is 4.59. The monoisotopic (exact) mass is 187 g/mol. The van der Waals surface area contributed by atoms with E-state index in [0.717, 1.165) is 11.6 Å². The van der Waals surface area contributed by atoms with Gasteiger partial charge in [-0.3, -0.25) is 10.1 Å². The van der Waals surface area contributed by atoms with Crippen molar-refractivity contribution in [1.29, 1.82) is 0 Å². The van der Waals surface area contributed by atoms with E-state index in [1.54, 1.807) is 11.8 Å². The first-order chi connectivity index (χ1) is 3.80. The van der Waals surface area contributed by atoms with Gasteiger partial charge in [0.05, 0.1) is 6.04 Å². The van der Waals surface area contributed by atoms with Crippen LogP contribution < -0.4 is 5.32 Å². The van der Waals surface area contributed by atoms with Gasteiger partial charge in [0.25, 0.3) is 0 Å². The number of carbonyl (C=O) groups is 1. The van der Waals surface area contributed by atoms with Gasteiger partial charge in [-0.2, -0.15) is 0 Å². The van der Waals surface area contributed by atoms with Crippen molar-refractivity contribution >= 4 is 41.0 Å². The summed E-state index contributed by atoms with van der Waals surface area (Å²) in [7, 11) is 0. The van der Waals surface area contributed by atoms with E-state index in [1.165, 1.54) is 0 Å². The molecule has 0 aliphatic carbocycles. The summed E-state index contributed by atoms with van der Waals surface area (Å²) >= 11 is 6.86. The second-order valence-corrected chi connectivity index (χ2v) is 2.98. The Kier molecular flexibility index (Phi) is 4.66. The first-order valence-corrected chi connectivity index (χ1v) is 3.84. The third-order valence-electron chi connectivity index (χ3n) is 0.990. The van der Waals surface area contributed by atoms with Crippen LogP contribution in [0.25, 0.3) is 0 Å². The van der Waals surface area contributed by atoms with E-state index in [4.69, 9.17) is 11.6 Å². The van der Waals surface area contributed by atoms with Gasteiger partial charge in [0.1, 0.15) is 0 Å². The van der Waals surface area contributed by atoms with E-state index < -0.39 is 0 Å². The maximum atomic E-state index is 10.3. The Labute approximate surface area is 69.1 Å². The lowest BCUT2D eigenvalue weighted by atomic mass is 10.4. The Morgan fingerprint density at radius 2 is 2.44 bits per heavy atom. The predicted molar refractivity (Wildman–Crippen MR) is 42.4 cm³/mol. The van der Waals surface area contributed by atoms with Crippen molar-refractivity contribution in [2.24, 2.45) is 0 Å². The van der Waals surface area contributed by atoms with Crippen molar-refractivity contribution in [2.75, 3.05) is 11.6 Å². The number of nitrogens with one attached hydrogen (secondary N) is 1. The van der Waals surface area contributed by atoms with Gasteiger partial charge in [-0.1, -0.05) is 0 Å². The van der Waals surface area contributed by atoms with Crippen LogP contribution in [-0.4, -0.2) is 22.9 Å². The fourth-order valence-corrected chi connectivity index (χ4v) is 1.73. The first-order valence-electron chi connectivity index (χ1n) is 2.31. The zero-order chi connectivity index (χ0) is 5.98. The van der Waals surface area contributed by atoms with E-state index in [9.17, 15) is 4.79 Å². The van der Waals surface area contributed by atoms with Crippen LogP contribution in [0.3, 0.4) is 0 Å². The highest BCUT2D eigenvalue weighted by Gasteiger charge is 2.19. The van der Waals surface area contributed by atoms with Crippen LogP contribution in [0, 0.1) is 0 Å². The van der Waals surface area contributed by atoms with Crippen molar-refractivity contribution in [3.05, 3.63) is 0 Å². The summed E-state index contributed by atoms with van der Waals surface area (Å²) in [6.45, 7) is 0. The van der Waals surface area contributed by atoms with E-state index in [1.807, 2.05) is 0 Å². The van der Waals surface area contributed by atoms with E-state index >= 15 is 0 Å². The molecule has 1 fully saturated rings. The average molecular weight is 188 g/mol. The standard InChI is InChI=1S/C4H6ClNOS.ClH/c5-4(7)3-1-8-2-6-3;/h3,6H,1-2H2;1H. The fraction of sp³-hybridized carbons (Fsp3) is 0.750. The normalized spacial score (nSPS) is 25.2. The molecular formula is C4H7Cl2NOS. The van der Waals surface area contributed by atoms with Gasteiger partial charge in [-0.05, 0) is 11.6 Å². The fourth-order valence-electron chi connectivity index (χ4n) is 0.541. The van der Waals surface area contributed by atoms with Crippen molar-refractivity contribution in [3.8, 4) is 0 Å². The average Bonchev–Trinajstić information content (AvgIpc) is 2.12. The summed E-state index contributed by atoms with van der Waals surface area (Å²) in [5.74, 6) is 1.67. The number of hydrogen-bond acceptors (Lipinski definition) is 3. The van der Waals surface area contributed by atoms with Crippen LogP contribution in [-0.2, 0) is 4.79 Å². The summed E-state index contributed by atoms with van der Waals surface area (Å²) < 4.78 is 0. The molecule has 0 saturated carbocycles. The highest BCUT2D eigenvalue weighted by Crippen LogP contribution is 2.10. The van der Waals surface area contributed by atoms with Crippen molar-refractivity contribution in [1.82, 2.24) is 5.32 Å². The summed E-state index contributed by atoms with van der Waals surface area (Å²) in [4.78, 5) is 10.3. The molecule has 0 bridgehead atoms. The third kappa shape index (κ3) is 2.76. The quantitative estimate of drug-likeness (QED) is 0.618. The molecule has 2 nitrogen and oxygen atoms in total. The molecule has 1 rings (SSSR count). The van der Waals surface area contributed by atoms with E-state index in [0.29, 0.717) is 0 Å². The molecule has 54 valence electrons. The number of hydrogen-bond donors (Lipinski definition) is 1. The van der Waals surface area contributed by atoms with Gasteiger partial charge < -0.3 is 0 Å². The molecule has 1 aliphatic heterocycles. The lowest BCUT2D eigenvalue weighted by Gasteiger charge is -1.98. The Balaban J connectivity index is 0.000000640. The van der Waals surface area contributed by atoms with Crippen molar-refractivity contribution in [3.63, 3.8) is 0 Å². The van der Waals surface area contributed by atoms with Crippen LogP contribution in [0.15, 0.2) is 0 Å². The summed E-state index contributed by atoms with van der Waals surface area (Å²) in [5.41, 5.74) is 0. The Morgan fingerprint density at radius 3 is 2.67 bits per heavy atom. The molecule has 1 atom stereocenters. The Hall–Kier alpha value is 0.560. The molecule has 0 radical (unpaired) electrons. The number of halogens is 2. The largest absolute Gasteiger partial charge is 0.297 e. The summed E-state index contributed by atoms with van der Waals surface area (Å²) in [5, 5.41) is 2.67. The number of thioether (sulfide) groups is 1. The van der Waals surface area contributed by atoms with Crippen LogP contribution in [0.4, 0.5) is 0 Å². The van der Waals surface area contributed by atoms with E-state index in [-0.39, 0.29) is 23.7 Å². The van der Waals surface area contributed by atoms with Gasteiger partial charge in [-0.25, -0.2) is 0 Å². The van der Waals surface area contributed by atoms with Crippen molar-refractivity contribution < 1.29 is 4.79 Å². The Bertz CT molecular complexity index is 105. The molecule has 0 aromatic rings. The second kappa shape index (κ2) is 4.39. The smallest absolute Gasteiger partial charge is 0.239 e. The molecule has 1 saturated heterocycles. The molecule has 0 spiro atoms. The first kappa shape index (κ1) is 9.56. The molecule has 5 heteroatoms. The van der Waals surface area contributed by atoms with Crippen molar-refractivity contribution in [2.45, 2.75) is 6.04 Å². The van der Waals surface area contributed by atoms with Crippen LogP contribution in [0.2, 0.25) is 0 Å². The molecule has 0 aromatic heterocycles. The highest BCUT2D eigenvalue weighted by molar-refractivity contribution is 7.99. The third-order valence-corrected chi connectivity index (χ3v) is 2.19. The van der Waals surface area contributed by atoms with Crippen LogP contribution in [0.5, 0.6) is 0 Å². The molecule has 0 amide bonds. The highest BCUT2D eigenvalue weighted by atomic mass is 35.5. The second-order valence-electron chi connectivity index (χ2n) is 1.58. The van der Waals surface area contributed by atoms with Gasteiger partial charge >= 0.3 is 0 Å². The maximum absolute atomic E-state index is 10.3. The predicted octanol–water partition coefficient (Wildman–Crippen LogP) is 0.836. The molecule has 1 aliphatic rings.